The molecule has 2 N–H and O–H groups in total. The Morgan fingerprint density at radius 3 is 2.80 bits per heavy atom. The number of anilines is 1. The lowest BCUT2D eigenvalue weighted by atomic mass is 10.2. The molecule has 1 aromatic carbocycles. The molecule has 0 unspecified atom stereocenters. The number of hydrogen-bond acceptors (Lipinski definition) is 5. The van der Waals surface area contributed by atoms with Crippen LogP contribution in [0.3, 0.4) is 0 Å². The fourth-order valence-corrected chi connectivity index (χ4v) is 2.55. The number of carbonyl (C=O) groups is 2. The lowest BCUT2D eigenvalue weighted by molar-refractivity contribution is 0.0698. The van der Waals surface area contributed by atoms with Crippen molar-refractivity contribution in [1.82, 2.24) is 0 Å². The summed E-state index contributed by atoms with van der Waals surface area (Å²) in [4.78, 5) is 23.1. The molecule has 0 atom stereocenters. The maximum Gasteiger partial charge on any atom is 0.338 e. The molecule has 1 aliphatic rings. The van der Waals surface area contributed by atoms with Gasteiger partial charge in [0, 0.05) is 16.3 Å². The quantitative estimate of drug-likeness (QED) is 0.907. The van der Waals surface area contributed by atoms with Crippen molar-refractivity contribution in [2.24, 2.45) is 0 Å². The number of hydrogen-bond donors (Lipinski definition) is 2. The first-order valence-corrected chi connectivity index (χ1v) is 6.60. The number of fused-ring (bicyclic) bond motifs is 1. The van der Waals surface area contributed by atoms with Crippen LogP contribution in [-0.4, -0.2) is 23.8 Å². The Labute approximate surface area is 117 Å². The van der Waals surface area contributed by atoms with Gasteiger partial charge >= 0.3 is 5.97 Å². The topological polar surface area (TPSA) is 84.9 Å². The predicted octanol–water partition coefficient (Wildman–Crippen LogP) is 2.43. The molecule has 3 rings (SSSR count). The fourth-order valence-electron chi connectivity index (χ4n) is 1.79. The maximum absolute atomic E-state index is 12.1. The fraction of sp³-hybridized carbons (Fsp3) is 0.0769. The molecular weight excluding hydrogens is 282 g/mol. The Morgan fingerprint density at radius 2 is 2.00 bits per heavy atom. The minimum Gasteiger partial charge on any atom is -0.478 e. The van der Waals surface area contributed by atoms with Crippen LogP contribution >= 0.6 is 11.3 Å². The summed E-state index contributed by atoms with van der Waals surface area (Å²) < 4.78 is 10.4. The zero-order chi connectivity index (χ0) is 14.1. The number of carboxylic acid groups (broad SMARTS) is 1. The first-order valence-electron chi connectivity index (χ1n) is 5.65. The molecular formula is C13H9NO5S. The molecule has 2 aromatic rings. The largest absolute Gasteiger partial charge is 0.478 e. The average molecular weight is 291 g/mol. The number of rotatable bonds is 3. The number of carboxylic acids is 1. The van der Waals surface area contributed by atoms with Crippen LogP contribution in [0.5, 0.6) is 11.5 Å². The molecule has 1 aliphatic heterocycles. The van der Waals surface area contributed by atoms with Crippen LogP contribution in [-0.2, 0) is 0 Å². The van der Waals surface area contributed by atoms with E-state index >= 15 is 0 Å². The summed E-state index contributed by atoms with van der Waals surface area (Å²) in [6.07, 6.45) is 0. The number of carbonyl (C=O) groups excluding carboxylic acids is 1. The zero-order valence-corrected chi connectivity index (χ0v) is 10.9. The molecule has 0 fully saturated rings. The highest BCUT2D eigenvalue weighted by Gasteiger charge is 2.18. The van der Waals surface area contributed by atoms with Gasteiger partial charge < -0.3 is 19.9 Å². The lowest BCUT2D eigenvalue weighted by Crippen LogP contribution is -2.13. The Kier molecular flexibility index (Phi) is 3.03. The van der Waals surface area contributed by atoms with Crippen molar-refractivity contribution in [2.75, 3.05) is 12.1 Å². The number of amides is 1. The average Bonchev–Trinajstić information content (AvgIpc) is 3.05. The predicted molar refractivity (Wildman–Crippen MR) is 71.8 cm³/mol. The van der Waals surface area contributed by atoms with Crippen molar-refractivity contribution in [1.29, 1.82) is 0 Å². The molecule has 0 saturated heterocycles. The van der Waals surface area contributed by atoms with Crippen molar-refractivity contribution in [3.63, 3.8) is 0 Å². The Balaban J connectivity index is 1.83. The third-order valence-electron chi connectivity index (χ3n) is 2.78. The van der Waals surface area contributed by atoms with Gasteiger partial charge in [-0.1, -0.05) is 0 Å². The molecule has 102 valence electrons. The van der Waals surface area contributed by atoms with Gasteiger partial charge in [-0.15, -0.1) is 11.3 Å². The van der Waals surface area contributed by atoms with E-state index < -0.39 is 11.9 Å². The highest BCUT2D eigenvalue weighted by atomic mass is 32.1. The Morgan fingerprint density at radius 1 is 1.20 bits per heavy atom. The molecule has 1 amide bonds. The first kappa shape index (κ1) is 12.5. The number of benzene rings is 1. The lowest BCUT2D eigenvalue weighted by Gasteiger charge is -2.05. The molecule has 0 spiro atoms. The minimum atomic E-state index is -1.08. The molecule has 0 bridgehead atoms. The van der Waals surface area contributed by atoms with Gasteiger partial charge in [0.25, 0.3) is 5.91 Å². The second-order valence-electron chi connectivity index (χ2n) is 4.03. The first-order chi connectivity index (χ1) is 9.65. The van der Waals surface area contributed by atoms with E-state index in [1.54, 1.807) is 23.6 Å². The van der Waals surface area contributed by atoms with Crippen molar-refractivity contribution in [2.45, 2.75) is 0 Å². The van der Waals surface area contributed by atoms with E-state index in [1.807, 2.05) is 0 Å². The van der Waals surface area contributed by atoms with Gasteiger partial charge in [0.1, 0.15) is 0 Å². The molecule has 0 saturated carbocycles. The molecule has 20 heavy (non-hydrogen) atoms. The van der Waals surface area contributed by atoms with E-state index in [2.05, 4.69) is 5.32 Å². The standard InChI is InChI=1S/C13H9NO5S/c15-12(14-9-5-20-4-8(9)13(16)17)7-1-2-10-11(3-7)19-6-18-10/h1-5H,6H2,(H,14,15)(H,16,17). The van der Waals surface area contributed by atoms with Crippen molar-refractivity contribution in [3.8, 4) is 11.5 Å². The Bertz CT molecular complexity index is 694. The highest BCUT2D eigenvalue weighted by Crippen LogP contribution is 2.32. The van der Waals surface area contributed by atoms with Crippen molar-refractivity contribution in [3.05, 3.63) is 40.1 Å². The summed E-state index contributed by atoms with van der Waals surface area (Å²) in [7, 11) is 0. The zero-order valence-electron chi connectivity index (χ0n) is 10.1. The van der Waals surface area contributed by atoms with Crippen LogP contribution in [0.25, 0.3) is 0 Å². The SMILES string of the molecule is O=C(Nc1cscc1C(=O)O)c1ccc2c(c1)OCO2. The Hall–Kier alpha value is -2.54. The summed E-state index contributed by atoms with van der Waals surface area (Å²) in [5.41, 5.74) is 0.728. The van der Waals surface area contributed by atoms with Crippen LogP contribution in [0.4, 0.5) is 5.69 Å². The summed E-state index contributed by atoms with van der Waals surface area (Å²) in [5, 5.41) is 14.6. The second-order valence-corrected chi connectivity index (χ2v) is 4.77. The number of ether oxygens (including phenoxy) is 2. The van der Waals surface area contributed by atoms with E-state index in [-0.39, 0.29) is 18.0 Å². The van der Waals surface area contributed by atoms with Crippen molar-refractivity contribution < 1.29 is 24.2 Å². The van der Waals surface area contributed by atoms with Crippen LogP contribution in [0.1, 0.15) is 20.7 Å². The third kappa shape index (κ3) is 2.19. The highest BCUT2D eigenvalue weighted by molar-refractivity contribution is 7.08. The van der Waals surface area contributed by atoms with Gasteiger partial charge in [0.15, 0.2) is 11.5 Å². The number of aromatic carboxylic acids is 1. The third-order valence-corrected chi connectivity index (χ3v) is 3.52. The normalized spacial score (nSPS) is 12.2. The number of thiophene rings is 1. The molecule has 7 heteroatoms. The van der Waals surface area contributed by atoms with Crippen LogP contribution < -0.4 is 14.8 Å². The molecule has 6 nitrogen and oxygen atoms in total. The minimum absolute atomic E-state index is 0.0732. The number of nitrogens with one attached hydrogen (secondary N) is 1. The van der Waals surface area contributed by atoms with Crippen LogP contribution in [0.15, 0.2) is 29.0 Å². The van der Waals surface area contributed by atoms with Gasteiger partial charge in [0.05, 0.1) is 11.3 Å². The summed E-state index contributed by atoms with van der Waals surface area (Å²) in [6, 6.07) is 4.79. The van der Waals surface area contributed by atoms with Crippen LogP contribution in [0.2, 0.25) is 0 Å². The van der Waals surface area contributed by atoms with E-state index in [9.17, 15) is 9.59 Å². The molecule has 2 heterocycles. The van der Waals surface area contributed by atoms with Gasteiger partial charge in [-0.25, -0.2) is 4.79 Å². The maximum atomic E-state index is 12.1. The van der Waals surface area contributed by atoms with E-state index in [0.717, 1.165) is 0 Å². The van der Waals surface area contributed by atoms with Gasteiger partial charge in [0.2, 0.25) is 6.79 Å². The van der Waals surface area contributed by atoms with E-state index in [0.29, 0.717) is 17.1 Å². The van der Waals surface area contributed by atoms with Crippen molar-refractivity contribution >= 4 is 28.9 Å². The van der Waals surface area contributed by atoms with E-state index in [4.69, 9.17) is 14.6 Å². The summed E-state index contributed by atoms with van der Waals surface area (Å²) >= 11 is 1.21. The second kappa shape index (κ2) is 4.86. The monoisotopic (exact) mass is 291 g/mol. The molecule has 1 aromatic heterocycles. The van der Waals surface area contributed by atoms with Crippen LogP contribution in [0, 0.1) is 0 Å². The molecule has 0 aliphatic carbocycles. The summed E-state index contributed by atoms with van der Waals surface area (Å²) in [5.74, 6) is -0.388. The summed E-state index contributed by atoms with van der Waals surface area (Å²) in [6.45, 7) is 0.133. The smallest absolute Gasteiger partial charge is 0.338 e. The van der Waals surface area contributed by atoms with Gasteiger partial charge in [-0.05, 0) is 18.2 Å². The van der Waals surface area contributed by atoms with E-state index in [1.165, 1.54) is 16.7 Å². The molecule has 0 radical (unpaired) electrons. The van der Waals surface area contributed by atoms with Gasteiger partial charge in [-0.3, -0.25) is 4.79 Å². The van der Waals surface area contributed by atoms with Gasteiger partial charge in [-0.2, -0.15) is 0 Å².